The van der Waals surface area contributed by atoms with Crippen LogP contribution in [-0.4, -0.2) is 30.4 Å². The summed E-state index contributed by atoms with van der Waals surface area (Å²) in [4.78, 5) is 36.6. The van der Waals surface area contributed by atoms with Crippen molar-refractivity contribution in [1.29, 1.82) is 0 Å². The standard InChI is InChI=1S/C17H17ClN2O4S/c1-11(20-16(22)13-6-2-3-7-14(13)18)17(23)24-10-15(21)19-9-12-5-4-8-25-12/h2-8,11H,9-10H2,1H3,(H,19,21)(H,20,22)/t11-/m1/s1. The molecule has 0 saturated heterocycles. The molecule has 1 atom stereocenters. The summed E-state index contributed by atoms with van der Waals surface area (Å²) < 4.78 is 4.91. The molecule has 0 aliphatic rings. The SMILES string of the molecule is C[C@@H](NC(=O)c1ccccc1Cl)C(=O)OCC(=O)NCc1cccs1. The van der Waals surface area contributed by atoms with Crippen molar-refractivity contribution in [2.45, 2.75) is 19.5 Å². The van der Waals surface area contributed by atoms with Crippen molar-refractivity contribution in [1.82, 2.24) is 10.6 Å². The third kappa shape index (κ3) is 5.88. The zero-order valence-corrected chi connectivity index (χ0v) is 15.0. The van der Waals surface area contributed by atoms with Crippen LogP contribution in [0.15, 0.2) is 41.8 Å². The van der Waals surface area contributed by atoms with Crippen LogP contribution in [0.25, 0.3) is 0 Å². The molecule has 25 heavy (non-hydrogen) atoms. The van der Waals surface area contributed by atoms with Gasteiger partial charge in [0.05, 0.1) is 17.1 Å². The fraction of sp³-hybridized carbons (Fsp3) is 0.235. The van der Waals surface area contributed by atoms with Crippen molar-refractivity contribution < 1.29 is 19.1 Å². The molecule has 8 heteroatoms. The molecule has 2 aromatic rings. The highest BCUT2D eigenvalue weighted by Crippen LogP contribution is 2.14. The van der Waals surface area contributed by atoms with E-state index in [4.69, 9.17) is 16.3 Å². The third-order valence-corrected chi connectivity index (χ3v) is 4.41. The maximum Gasteiger partial charge on any atom is 0.328 e. The van der Waals surface area contributed by atoms with E-state index >= 15 is 0 Å². The van der Waals surface area contributed by atoms with Crippen LogP contribution < -0.4 is 10.6 Å². The second kappa shape index (κ2) is 9.19. The molecule has 132 valence electrons. The zero-order chi connectivity index (χ0) is 18.2. The Bertz CT molecular complexity index is 749. The lowest BCUT2D eigenvalue weighted by Crippen LogP contribution is -2.41. The molecule has 0 saturated carbocycles. The number of carbonyl (C=O) groups is 3. The van der Waals surface area contributed by atoms with Gasteiger partial charge in [0.2, 0.25) is 0 Å². The molecular formula is C17H17ClN2O4S. The van der Waals surface area contributed by atoms with Crippen LogP contribution in [0.1, 0.15) is 22.2 Å². The Kier molecular flexibility index (Phi) is 6.97. The largest absolute Gasteiger partial charge is 0.454 e. The van der Waals surface area contributed by atoms with E-state index in [2.05, 4.69) is 10.6 Å². The van der Waals surface area contributed by atoms with E-state index in [0.717, 1.165) is 4.88 Å². The molecule has 1 aromatic heterocycles. The van der Waals surface area contributed by atoms with Crippen LogP contribution in [-0.2, 0) is 20.9 Å². The van der Waals surface area contributed by atoms with Crippen LogP contribution in [0.5, 0.6) is 0 Å². The van der Waals surface area contributed by atoms with Gasteiger partial charge in [-0.15, -0.1) is 11.3 Å². The Labute approximate surface area is 154 Å². The van der Waals surface area contributed by atoms with Gasteiger partial charge in [0.25, 0.3) is 11.8 Å². The number of amides is 2. The molecule has 2 amide bonds. The molecule has 0 fully saturated rings. The molecule has 0 spiro atoms. The number of esters is 1. The van der Waals surface area contributed by atoms with Crippen molar-refractivity contribution in [3.63, 3.8) is 0 Å². The molecule has 1 aromatic carbocycles. The van der Waals surface area contributed by atoms with Crippen molar-refractivity contribution in [3.05, 3.63) is 57.2 Å². The smallest absolute Gasteiger partial charge is 0.328 e. The molecule has 2 rings (SSSR count). The summed E-state index contributed by atoms with van der Waals surface area (Å²) >= 11 is 7.45. The maximum atomic E-state index is 12.1. The lowest BCUT2D eigenvalue weighted by Gasteiger charge is -2.14. The van der Waals surface area contributed by atoms with Gasteiger partial charge in [-0.1, -0.05) is 29.8 Å². The van der Waals surface area contributed by atoms with E-state index < -0.39 is 30.4 Å². The van der Waals surface area contributed by atoms with E-state index in [9.17, 15) is 14.4 Å². The zero-order valence-electron chi connectivity index (χ0n) is 13.5. The monoisotopic (exact) mass is 380 g/mol. The number of carbonyl (C=O) groups excluding carboxylic acids is 3. The number of ether oxygens (including phenoxy) is 1. The summed E-state index contributed by atoms with van der Waals surface area (Å²) in [6, 6.07) is 9.37. The van der Waals surface area contributed by atoms with Crippen molar-refractivity contribution in [2.24, 2.45) is 0 Å². The summed E-state index contributed by atoms with van der Waals surface area (Å²) in [5, 5.41) is 7.32. The predicted molar refractivity (Wildman–Crippen MR) is 95.5 cm³/mol. The van der Waals surface area contributed by atoms with E-state index in [-0.39, 0.29) is 10.6 Å². The van der Waals surface area contributed by atoms with Crippen LogP contribution >= 0.6 is 22.9 Å². The highest BCUT2D eigenvalue weighted by molar-refractivity contribution is 7.09. The quantitative estimate of drug-likeness (QED) is 0.722. The van der Waals surface area contributed by atoms with Crippen molar-refractivity contribution >= 4 is 40.7 Å². The van der Waals surface area contributed by atoms with Gasteiger partial charge < -0.3 is 15.4 Å². The lowest BCUT2D eigenvalue weighted by atomic mass is 10.2. The topological polar surface area (TPSA) is 84.5 Å². The summed E-state index contributed by atoms with van der Waals surface area (Å²) in [5.74, 6) is -1.60. The first kappa shape index (κ1) is 19.0. The number of halogens is 1. The van der Waals surface area contributed by atoms with Gasteiger partial charge in [-0.3, -0.25) is 9.59 Å². The van der Waals surface area contributed by atoms with E-state index in [1.54, 1.807) is 24.3 Å². The molecule has 2 N–H and O–H groups in total. The molecule has 1 heterocycles. The van der Waals surface area contributed by atoms with Crippen LogP contribution in [0.2, 0.25) is 5.02 Å². The van der Waals surface area contributed by atoms with Gasteiger partial charge in [0.1, 0.15) is 6.04 Å². The second-order valence-corrected chi connectivity index (χ2v) is 6.58. The minimum atomic E-state index is -0.908. The highest BCUT2D eigenvalue weighted by atomic mass is 35.5. The fourth-order valence-electron chi connectivity index (χ4n) is 1.89. The summed E-state index contributed by atoms with van der Waals surface area (Å²) in [7, 11) is 0. The summed E-state index contributed by atoms with van der Waals surface area (Å²) in [6.45, 7) is 1.45. The van der Waals surface area contributed by atoms with Crippen LogP contribution in [0.4, 0.5) is 0 Å². The average molecular weight is 381 g/mol. The molecule has 0 unspecified atom stereocenters. The Balaban J connectivity index is 1.75. The molecule has 0 bridgehead atoms. The molecular weight excluding hydrogens is 364 g/mol. The third-order valence-electron chi connectivity index (χ3n) is 3.21. The van der Waals surface area contributed by atoms with Gasteiger partial charge in [-0.05, 0) is 30.5 Å². The Morgan fingerprint density at radius 1 is 1.20 bits per heavy atom. The average Bonchev–Trinajstić information content (AvgIpc) is 3.11. The molecule has 0 aliphatic heterocycles. The second-order valence-electron chi connectivity index (χ2n) is 5.14. The lowest BCUT2D eigenvalue weighted by molar-refractivity contribution is -0.150. The fourth-order valence-corrected chi connectivity index (χ4v) is 2.76. The predicted octanol–water partition coefficient (Wildman–Crippen LogP) is 2.38. The normalized spacial score (nSPS) is 11.4. The van der Waals surface area contributed by atoms with Crippen molar-refractivity contribution in [2.75, 3.05) is 6.61 Å². The van der Waals surface area contributed by atoms with E-state index in [0.29, 0.717) is 6.54 Å². The number of hydrogen-bond donors (Lipinski definition) is 2. The van der Waals surface area contributed by atoms with E-state index in [1.165, 1.54) is 18.3 Å². The minimum Gasteiger partial charge on any atom is -0.454 e. The Hall–Kier alpha value is -2.38. The van der Waals surface area contributed by atoms with Gasteiger partial charge in [-0.2, -0.15) is 0 Å². The van der Waals surface area contributed by atoms with E-state index in [1.807, 2.05) is 17.5 Å². The Morgan fingerprint density at radius 3 is 2.64 bits per heavy atom. The number of rotatable bonds is 7. The highest BCUT2D eigenvalue weighted by Gasteiger charge is 2.20. The number of hydrogen-bond acceptors (Lipinski definition) is 5. The van der Waals surface area contributed by atoms with Gasteiger partial charge in [-0.25, -0.2) is 4.79 Å². The molecule has 0 radical (unpaired) electrons. The Morgan fingerprint density at radius 2 is 1.96 bits per heavy atom. The van der Waals surface area contributed by atoms with Gasteiger partial charge in [0.15, 0.2) is 6.61 Å². The molecule has 0 aliphatic carbocycles. The number of benzene rings is 1. The van der Waals surface area contributed by atoms with Gasteiger partial charge >= 0.3 is 5.97 Å². The maximum absolute atomic E-state index is 12.1. The molecule has 6 nitrogen and oxygen atoms in total. The first-order chi connectivity index (χ1) is 12.0. The van der Waals surface area contributed by atoms with Crippen molar-refractivity contribution in [3.8, 4) is 0 Å². The van der Waals surface area contributed by atoms with Crippen LogP contribution in [0.3, 0.4) is 0 Å². The minimum absolute atomic E-state index is 0.262. The summed E-state index contributed by atoms with van der Waals surface area (Å²) in [5.41, 5.74) is 0.262. The first-order valence-corrected chi connectivity index (χ1v) is 8.74. The summed E-state index contributed by atoms with van der Waals surface area (Å²) in [6.07, 6.45) is 0. The first-order valence-electron chi connectivity index (χ1n) is 7.48. The van der Waals surface area contributed by atoms with Crippen LogP contribution in [0, 0.1) is 0 Å². The van der Waals surface area contributed by atoms with Gasteiger partial charge in [0, 0.05) is 4.88 Å². The number of thiophene rings is 1. The number of nitrogens with one attached hydrogen (secondary N) is 2.